The fraction of sp³-hybridized carbons (Fsp3) is 0.769. The lowest BCUT2D eigenvalue weighted by molar-refractivity contribution is -0.148. The molecule has 0 radical (unpaired) electrons. The smallest absolute Gasteiger partial charge is 0.308 e. The van der Waals surface area contributed by atoms with Crippen LogP contribution >= 0.6 is 24.4 Å². The summed E-state index contributed by atoms with van der Waals surface area (Å²) in [7, 11) is 0. The van der Waals surface area contributed by atoms with Gasteiger partial charge in [-0.15, -0.1) is 0 Å². The Hall–Kier alpha value is -1.15. The molecular formula is C13H26N2O4S2. The molecule has 8 heteroatoms. The number of thiocarbonyl (C=S) groups is 2. The molecule has 0 rings (SSSR count). The summed E-state index contributed by atoms with van der Waals surface area (Å²) in [5.74, 6) is -0.0607. The van der Waals surface area contributed by atoms with Crippen LogP contribution in [-0.2, 0) is 14.3 Å². The summed E-state index contributed by atoms with van der Waals surface area (Å²) in [6, 6.07) is 0. The van der Waals surface area contributed by atoms with Gasteiger partial charge in [-0.1, -0.05) is 13.3 Å². The van der Waals surface area contributed by atoms with Crippen LogP contribution in [0.5, 0.6) is 0 Å². The number of ether oxygens (including phenoxy) is 2. The number of nitrogens with two attached hydrogens (primary N) is 2. The van der Waals surface area contributed by atoms with Gasteiger partial charge in [-0.05, 0) is 57.0 Å². The number of aliphatic hydroxyl groups is 1. The summed E-state index contributed by atoms with van der Waals surface area (Å²) in [6.07, 6.45) is 4.50. The first kappa shape index (κ1) is 22.1. The first-order valence-corrected chi connectivity index (χ1v) is 7.73. The lowest BCUT2D eigenvalue weighted by Gasteiger charge is -2.14. The molecule has 0 aromatic carbocycles. The molecule has 0 amide bonds. The Bertz CT molecular complexity index is 311. The Kier molecular flexibility index (Phi) is 16.1. The molecule has 124 valence electrons. The molecule has 0 aliphatic carbocycles. The maximum Gasteiger partial charge on any atom is 0.308 e. The molecule has 6 nitrogen and oxygen atoms in total. The third-order valence-electron chi connectivity index (χ3n) is 2.45. The molecule has 0 aromatic rings. The predicted octanol–water partition coefficient (Wildman–Crippen LogP) is 2.18. The molecule has 0 heterocycles. The van der Waals surface area contributed by atoms with E-state index in [0.717, 1.165) is 32.1 Å². The number of rotatable bonds is 9. The minimum atomic E-state index is -0.500. The Morgan fingerprint density at radius 2 is 1.71 bits per heavy atom. The van der Waals surface area contributed by atoms with Gasteiger partial charge in [0.2, 0.25) is 0 Å². The van der Waals surface area contributed by atoms with Gasteiger partial charge in [-0.2, -0.15) is 0 Å². The van der Waals surface area contributed by atoms with Crippen LogP contribution in [0.2, 0.25) is 0 Å². The molecule has 0 aromatic heterocycles. The van der Waals surface area contributed by atoms with E-state index < -0.39 is 5.17 Å². The highest BCUT2D eigenvalue weighted by Gasteiger charge is 2.17. The van der Waals surface area contributed by atoms with Crippen molar-refractivity contribution in [2.75, 3.05) is 13.2 Å². The number of carbonyl (C=O) groups excluding carboxylic acids is 1. The van der Waals surface area contributed by atoms with Crippen molar-refractivity contribution in [2.24, 2.45) is 17.4 Å². The van der Waals surface area contributed by atoms with Gasteiger partial charge >= 0.3 is 5.97 Å². The molecule has 0 spiro atoms. The Morgan fingerprint density at radius 3 is 2.14 bits per heavy atom. The predicted molar refractivity (Wildman–Crippen MR) is 91.0 cm³/mol. The second-order valence-corrected chi connectivity index (χ2v) is 5.06. The number of esters is 1. The van der Waals surface area contributed by atoms with Gasteiger partial charge in [0.25, 0.3) is 10.3 Å². The number of unbranched alkanes of at least 4 members (excludes halogenated alkanes) is 1. The lowest BCUT2D eigenvalue weighted by Crippen LogP contribution is -2.18. The van der Waals surface area contributed by atoms with Crippen molar-refractivity contribution in [2.45, 2.75) is 46.0 Å². The lowest BCUT2D eigenvalue weighted by atomic mass is 9.97. The summed E-state index contributed by atoms with van der Waals surface area (Å²) in [4.78, 5) is 11.6. The van der Waals surface area contributed by atoms with E-state index in [2.05, 4.69) is 37.1 Å². The molecule has 0 aliphatic heterocycles. The molecule has 0 fully saturated rings. The van der Waals surface area contributed by atoms with Crippen molar-refractivity contribution >= 4 is 40.8 Å². The topological polar surface area (TPSA) is 108 Å². The highest BCUT2D eigenvalue weighted by Crippen LogP contribution is 2.16. The highest BCUT2D eigenvalue weighted by atomic mass is 32.1. The third kappa shape index (κ3) is 18.9. The van der Waals surface area contributed by atoms with E-state index >= 15 is 0 Å². The summed E-state index contributed by atoms with van der Waals surface area (Å²) in [6.45, 7) is 4.87. The van der Waals surface area contributed by atoms with Crippen LogP contribution in [0.4, 0.5) is 0 Å². The minimum Gasteiger partial charge on any atom is -0.487 e. The second-order valence-electron chi connectivity index (χ2n) is 4.24. The Labute approximate surface area is 137 Å². The summed E-state index contributed by atoms with van der Waals surface area (Å²) in [5, 5.41) is 7.15. The summed E-state index contributed by atoms with van der Waals surface area (Å²) in [5.41, 5.74) is 9.60. The fourth-order valence-corrected chi connectivity index (χ4v) is 1.74. The average Bonchev–Trinajstić information content (AvgIpc) is 2.36. The van der Waals surface area contributed by atoms with Crippen LogP contribution in [0.3, 0.4) is 0 Å². The van der Waals surface area contributed by atoms with Crippen molar-refractivity contribution in [3.63, 3.8) is 0 Å². The number of hydrogen-bond acceptors (Lipinski definition) is 5. The second kappa shape index (κ2) is 15.2. The van der Waals surface area contributed by atoms with Gasteiger partial charge in [0.15, 0.2) is 0 Å². The summed E-state index contributed by atoms with van der Waals surface area (Å²) >= 11 is 8.47. The van der Waals surface area contributed by atoms with Gasteiger partial charge < -0.3 is 26.0 Å². The van der Waals surface area contributed by atoms with E-state index in [9.17, 15) is 4.79 Å². The van der Waals surface area contributed by atoms with Crippen molar-refractivity contribution in [1.29, 1.82) is 0 Å². The molecule has 0 aliphatic rings. The number of aliphatic hydroxyl groups excluding tert-OH is 1. The standard InChI is InChI=1S/C12H23NO3S.CH3NOS/c1-3-7-10(11(14)15-4-2)8-5-6-9-16-12(13)17;2-1(3)4/h10H,3-9H2,1-2H3,(H2,13,17);(H3,2,3,4). The van der Waals surface area contributed by atoms with Crippen LogP contribution in [0.1, 0.15) is 46.0 Å². The normalized spacial score (nSPS) is 10.8. The molecular weight excluding hydrogens is 312 g/mol. The average molecular weight is 338 g/mol. The molecule has 21 heavy (non-hydrogen) atoms. The highest BCUT2D eigenvalue weighted by molar-refractivity contribution is 7.80. The molecule has 1 unspecified atom stereocenters. The van der Waals surface area contributed by atoms with E-state index in [0.29, 0.717) is 13.2 Å². The van der Waals surface area contributed by atoms with E-state index in [4.69, 9.17) is 20.3 Å². The zero-order chi connectivity index (χ0) is 16.7. The van der Waals surface area contributed by atoms with E-state index in [1.54, 1.807) is 0 Å². The Morgan fingerprint density at radius 1 is 1.14 bits per heavy atom. The molecule has 5 N–H and O–H groups in total. The van der Waals surface area contributed by atoms with Gasteiger partial charge in [-0.25, -0.2) is 0 Å². The maximum atomic E-state index is 11.6. The first-order valence-electron chi connectivity index (χ1n) is 6.92. The molecule has 0 saturated carbocycles. The Balaban J connectivity index is 0. The molecule has 1 atom stereocenters. The van der Waals surface area contributed by atoms with Crippen LogP contribution in [-0.4, -0.2) is 34.6 Å². The maximum absolute atomic E-state index is 11.6. The molecule has 0 saturated heterocycles. The van der Waals surface area contributed by atoms with Crippen LogP contribution in [0, 0.1) is 5.92 Å². The largest absolute Gasteiger partial charge is 0.487 e. The van der Waals surface area contributed by atoms with Gasteiger partial charge in [0.05, 0.1) is 19.1 Å². The number of carbonyl (C=O) groups is 1. The van der Waals surface area contributed by atoms with E-state index in [1.807, 2.05) is 6.92 Å². The molecule has 0 bridgehead atoms. The van der Waals surface area contributed by atoms with Crippen molar-refractivity contribution < 1.29 is 19.4 Å². The monoisotopic (exact) mass is 338 g/mol. The van der Waals surface area contributed by atoms with Crippen molar-refractivity contribution in [3.05, 3.63) is 0 Å². The number of hydrogen-bond donors (Lipinski definition) is 3. The zero-order valence-corrected chi connectivity index (χ0v) is 14.3. The van der Waals surface area contributed by atoms with Gasteiger partial charge in [0, 0.05) is 0 Å². The fourth-order valence-electron chi connectivity index (χ4n) is 1.65. The van der Waals surface area contributed by atoms with E-state index in [1.165, 1.54) is 0 Å². The quantitative estimate of drug-likeness (QED) is 0.333. The van der Waals surface area contributed by atoms with E-state index in [-0.39, 0.29) is 17.1 Å². The SMILES string of the molecule is CCCC(CCCCOC(N)=S)C(=O)OCC.NC(O)=S. The first-order chi connectivity index (χ1) is 9.84. The third-order valence-corrected chi connectivity index (χ3v) is 2.57. The minimum absolute atomic E-state index is 0.0183. The van der Waals surface area contributed by atoms with Crippen LogP contribution < -0.4 is 11.5 Å². The van der Waals surface area contributed by atoms with Gasteiger partial charge in [0.1, 0.15) is 0 Å². The van der Waals surface area contributed by atoms with Gasteiger partial charge in [-0.3, -0.25) is 4.79 Å². The van der Waals surface area contributed by atoms with Crippen molar-refractivity contribution in [1.82, 2.24) is 0 Å². The van der Waals surface area contributed by atoms with Crippen LogP contribution in [0.25, 0.3) is 0 Å². The zero-order valence-electron chi connectivity index (χ0n) is 12.7. The van der Waals surface area contributed by atoms with Crippen molar-refractivity contribution in [3.8, 4) is 0 Å². The van der Waals surface area contributed by atoms with Crippen LogP contribution in [0.15, 0.2) is 0 Å². The summed E-state index contributed by atoms with van der Waals surface area (Å²) < 4.78 is 10.0.